The molecule has 32 heavy (non-hydrogen) atoms. The monoisotopic (exact) mass is 455 g/mol. The molecule has 1 atom stereocenters. The molecule has 3 rings (SSSR count). The van der Waals surface area contributed by atoms with E-state index in [2.05, 4.69) is 10.2 Å². The summed E-state index contributed by atoms with van der Waals surface area (Å²) in [6, 6.07) is 13.7. The fraction of sp³-hybridized carbons (Fsp3) is 0.375. The molecule has 0 saturated carbocycles. The van der Waals surface area contributed by atoms with E-state index in [0.29, 0.717) is 35.5 Å². The second kappa shape index (κ2) is 11.0. The Morgan fingerprint density at radius 3 is 2.25 bits per heavy atom. The lowest BCUT2D eigenvalue weighted by Gasteiger charge is -2.16. The lowest BCUT2D eigenvalue weighted by Crippen LogP contribution is -2.20. The van der Waals surface area contributed by atoms with Crippen LogP contribution in [0.2, 0.25) is 0 Å². The van der Waals surface area contributed by atoms with Gasteiger partial charge < -0.3 is 14.2 Å². The number of aryl methyl sites for hydroxylation is 1. The summed E-state index contributed by atoms with van der Waals surface area (Å²) < 4.78 is 18.1. The molecule has 0 aliphatic heterocycles. The van der Waals surface area contributed by atoms with E-state index in [9.17, 15) is 4.79 Å². The Kier molecular flexibility index (Phi) is 8.16. The quantitative estimate of drug-likeness (QED) is 0.311. The Morgan fingerprint density at radius 2 is 1.69 bits per heavy atom. The lowest BCUT2D eigenvalue weighted by molar-refractivity contribution is -0.142. The minimum absolute atomic E-state index is 0.234. The van der Waals surface area contributed by atoms with Crippen molar-refractivity contribution in [2.75, 3.05) is 20.8 Å². The predicted octanol–water partition coefficient (Wildman–Crippen LogP) is 5.08. The second-order valence-corrected chi connectivity index (χ2v) is 8.40. The number of aromatic nitrogens is 3. The van der Waals surface area contributed by atoms with Gasteiger partial charge in [0.05, 0.1) is 20.8 Å². The molecule has 0 bridgehead atoms. The van der Waals surface area contributed by atoms with Crippen molar-refractivity contribution in [2.24, 2.45) is 0 Å². The topological polar surface area (TPSA) is 75.5 Å². The van der Waals surface area contributed by atoms with Crippen LogP contribution in [-0.2, 0) is 9.53 Å². The van der Waals surface area contributed by atoms with Crippen molar-refractivity contribution < 1.29 is 19.0 Å². The fourth-order valence-corrected chi connectivity index (χ4v) is 4.40. The third kappa shape index (κ3) is 5.43. The molecule has 0 fully saturated rings. The molecular formula is C24H29N3O4S. The number of rotatable bonds is 10. The Morgan fingerprint density at radius 1 is 1.03 bits per heavy atom. The minimum Gasteiger partial charge on any atom is -0.497 e. The van der Waals surface area contributed by atoms with Crippen LogP contribution in [0.5, 0.6) is 11.5 Å². The summed E-state index contributed by atoms with van der Waals surface area (Å²) in [5.74, 6) is 1.71. The van der Waals surface area contributed by atoms with E-state index < -0.39 is 0 Å². The van der Waals surface area contributed by atoms with Crippen LogP contribution >= 0.6 is 11.8 Å². The number of benzene rings is 2. The molecule has 1 aromatic heterocycles. The maximum absolute atomic E-state index is 12.5. The number of carbonyl (C=O) groups is 1. The number of nitrogens with zero attached hydrogens (tertiary/aromatic N) is 3. The van der Waals surface area contributed by atoms with Crippen molar-refractivity contribution in [1.29, 1.82) is 0 Å². The summed E-state index contributed by atoms with van der Waals surface area (Å²) in [6.07, 6.45) is 1.54. The SMILES string of the molecule is CCC[C@H](Sc1nnc(-c2cc(OC)cc(OC)c2)n1-c1ccc(C)cc1)C(=O)OCC. The van der Waals surface area contributed by atoms with Crippen molar-refractivity contribution in [1.82, 2.24) is 14.8 Å². The first-order valence-corrected chi connectivity index (χ1v) is 11.5. The van der Waals surface area contributed by atoms with Crippen molar-refractivity contribution in [2.45, 2.75) is 44.0 Å². The van der Waals surface area contributed by atoms with Gasteiger partial charge in [0.25, 0.3) is 0 Å². The van der Waals surface area contributed by atoms with Crippen LogP contribution in [0.3, 0.4) is 0 Å². The van der Waals surface area contributed by atoms with Crippen molar-refractivity contribution in [3.8, 4) is 28.6 Å². The molecule has 0 radical (unpaired) electrons. The van der Waals surface area contributed by atoms with Crippen molar-refractivity contribution in [3.63, 3.8) is 0 Å². The summed E-state index contributed by atoms with van der Waals surface area (Å²) in [4.78, 5) is 12.5. The number of esters is 1. The number of methoxy groups -OCH3 is 2. The zero-order valence-electron chi connectivity index (χ0n) is 19.1. The van der Waals surface area contributed by atoms with Gasteiger partial charge in [-0.25, -0.2) is 0 Å². The second-order valence-electron chi connectivity index (χ2n) is 7.23. The molecule has 0 saturated heterocycles. The fourth-order valence-electron chi connectivity index (χ4n) is 3.25. The molecule has 0 aliphatic carbocycles. The van der Waals surface area contributed by atoms with Crippen LogP contribution in [0.25, 0.3) is 17.1 Å². The number of thioether (sulfide) groups is 1. The Bertz CT molecular complexity index is 1030. The summed E-state index contributed by atoms with van der Waals surface area (Å²) in [6.45, 7) is 6.25. The van der Waals surface area contributed by atoms with E-state index in [0.717, 1.165) is 23.2 Å². The maximum atomic E-state index is 12.5. The van der Waals surface area contributed by atoms with Gasteiger partial charge in [-0.15, -0.1) is 10.2 Å². The van der Waals surface area contributed by atoms with E-state index >= 15 is 0 Å². The highest BCUT2D eigenvalue weighted by Crippen LogP contribution is 2.35. The average molecular weight is 456 g/mol. The third-order valence-corrected chi connectivity index (χ3v) is 6.07. The van der Waals surface area contributed by atoms with Gasteiger partial charge in [0.15, 0.2) is 11.0 Å². The predicted molar refractivity (Wildman–Crippen MR) is 126 cm³/mol. The lowest BCUT2D eigenvalue weighted by atomic mass is 10.1. The molecule has 170 valence electrons. The van der Waals surface area contributed by atoms with Crippen LogP contribution in [0, 0.1) is 6.92 Å². The molecule has 8 heteroatoms. The van der Waals surface area contributed by atoms with Crippen LogP contribution in [0.4, 0.5) is 0 Å². The molecular weight excluding hydrogens is 426 g/mol. The highest BCUT2D eigenvalue weighted by molar-refractivity contribution is 8.00. The molecule has 7 nitrogen and oxygen atoms in total. The van der Waals surface area contributed by atoms with Crippen LogP contribution in [0.15, 0.2) is 47.6 Å². The molecule has 0 spiro atoms. The van der Waals surface area contributed by atoms with E-state index in [4.69, 9.17) is 14.2 Å². The Hall–Kier alpha value is -3.00. The summed E-state index contributed by atoms with van der Waals surface area (Å²) in [5, 5.41) is 9.20. The molecule has 3 aromatic rings. The first-order valence-electron chi connectivity index (χ1n) is 10.6. The third-order valence-electron chi connectivity index (χ3n) is 4.88. The zero-order chi connectivity index (χ0) is 23.1. The summed E-state index contributed by atoms with van der Waals surface area (Å²) in [7, 11) is 3.22. The standard InChI is InChI=1S/C24H29N3O4S/c1-6-8-21(23(28)31-7-2)32-24-26-25-22(27(24)18-11-9-16(3)10-12-18)17-13-19(29-4)15-20(14-17)30-5/h9-15,21H,6-8H2,1-5H3/t21-/m0/s1. The van der Waals surface area contributed by atoms with Gasteiger partial charge in [0, 0.05) is 17.3 Å². The highest BCUT2D eigenvalue weighted by atomic mass is 32.2. The van der Waals surface area contributed by atoms with E-state index in [-0.39, 0.29) is 11.2 Å². The summed E-state index contributed by atoms with van der Waals surface area (Å²) in [5.41, 5.74) is 2.85. The average Bonchev–Trinajstić information content (AvgIpc) is 3.22. The van der Waals surface area contributed by atoms with Crippen LogP contribution < -0.4 is 9.47 Å². The molecule has 0 aliphatic rings. The Labute approximate surface area is 193 Å². The van der Waals surface area contributed by atoms with Crippen LogP contribution in [0.1, 0.15) is 32.3 Å². The maximum Gasteiger partial charge on any atom is 0.319 e. The smallest absolute Gasteiger partial charge is 0.319 e. The van der Waals surface area contributed by atoms with Gasteiger partial charge in [-0.2, -0.15) is 0 Å². The molecule has 1 heterocycles. The first-order chi connectivity index (χ1) is 15.5. The molecule has 2 aromatic carbocycles. The van der Waals surface area contributed by atoms with E-state index in [1.54, 1.807) is 14.2 Å². The number of ether oxygens (including phenoxy) is 3. The molecule has 0 amide bonds. The van der Waals surface area contributed by atoms with Gasteiger partial charge in [-0.3, -0.25) is 9.36 Å². The van der Waals surface area contributed by atoms with Crippen molar-refractivity contribution in [3.05, 3.63) is 48.0 Å². The Balaban J connectivity index is 2.12. The van der Waals surface area contributed by atoms with Crippen molar-refractivity contribution >= 4 is 17.7 Å². The highest BCUT2D eigenvalue weighted by Gasteiger charge is 2.26. The number of hydrogen-bond acceptors (Lipinski definition) is 7. The van der Waals surface area contributed by atoms with Gasteiger partial charge >= 0.3 is 5.97 Å². The molecule has 0 unspecified atom stereocenters. The number of hydrogen-bond donors (Lipinski definition) is 0. The normalized spacial score (nSPS) is 11.8. The minimum atomic E-state index is -0.360. The van der Waals surface area contributed by atoms with Gasteiger partial charge in [0.2, 0.25) is 0 Å². The van der Waals surface area contributed by atoms with E-state index in [1.807, 2.05) is 67.8 Å². The molecule has 0 N–H and O–H groups in total. The van der Waals surface area contributed by atoms with Gasteiger partial charge in [0.1, 0.15) is 16.7 Å². The van der Waals surface area contributed by atoms with Crippen LogP contribution in [-0.4, -0.2) is 46.8 Å². The summed E-state index contributed by atoms with van der Waals surface area (Å²) >= 11 is 1.37. The number of carbonyl (C=O) groups excluding carboxylic acids is 1. The largest absolute Gasteiger partial charge is 0.497 e. The van der Waals surface area contributed by atoms with Gasteiger partial charge in [-0.05, 0) is 44.5 Å². The first kappa shape index (κ1) is 23.7. The van der Waals surface area contributed by atoms with Gasteiger partial charge in [-0.1, -0.05) is 42.8 Å². The zero-order valence-corrected chi connectivity index (χ0v) is 19.9. The van der Waals surface area contributed by atoms with E-state index in [1.165, 1.54) is 11.8 Å².